The first kappa shape index (κ1) is 15.3. The van der Waals surface area contributed by atoms with Crippen LogP contribution < -0.4 is 10.6 Å². The number of aliphatic hydroxyl groups excluding tert-OH is 1. The van der Waals surface area contributed by atoms with Crippen molar-refractivity contribution in [1.82, 2.24) is 10.6 Å². The molecule has 0 spiro atoms. The third kappa shape index (κ3) is 4.01. The number of nitrogens with one attached hydrogen (secondary N) is 2. The van der Waals surface area contributed by atoms with Crippen molar-refractivity contribution in [3.05, 3.63) is 35.9 Å². The lowest BCUT2D eigenvalue weighted by Crippen LogP contribution is -2.45. The summed E-state index contributed by atoms with van der Waals surface area (Å²) in [5, 5.41) is 15.5. The van der Waals surface area contributed by atoms with Crippen LogP contribution in [0.25, 0.3) is 0 Å². The van der Waals surface area contributed by atoms with E-state index in [1.165, 1.54) is 18.4 Å². The number of hydrogen-bond acceptors (Lipinski definition) is 2. The van der Waals surface area contributed by atoms with E-state index in [4.69, 9.17) is 0 Å². The minimum atomic E-state index is -0.0480. The van der Waals surface area contributed by atoms with Gasteiger partial charge in [-0.1, -0.05) is 30.3 Å². The Hall–Kier alpha value is -1.55. The van der Waals surface area contributed by atoms with Gasteiger partial charge in [-0.25, -0.2) is 4.79 Å². The number of carbonyl (C=O) groups excluding carboxylic acids is 1. The van der Waals surface area contributed by atoms with E-state index in [1.807, 2.05) is 18.2 Å². The molecule has 0 aromatic heterocycles. The van der Waals surface area contributed by atoms with Gasteiger partial charge in [0.1, 0.15) is 0 Å². The Bertz CT molecular complexity index is 479. The molecule has 4 heteroatoms. The van der Waals surface area contributed by atoms with Gasteiger partial charge < -0.3 is 15.7 Å². The zero-order chi connectivity index (χ0) is 15.4. The second kappa shape index (κ2) is 7.14. The lowest BCUT2D eigenvalue weighted by atomic mass is 9.87. The van der Waals surface area contributed by atoms with Crippen LogP contribution in [0.15, 0.2) is 30.3 Å². The monoisotopic (exact) mass is 302 g/mol. The SMILES string of the molecule is O=C(NC1CCC(CO)CC1)NC(c1ccccc1)C1CC1. The van der Waals surface area contributed by atoms with Crippen molar-refractivity contribution in [2.45, 2.75) is 50.6 Å². The first-order chi connectivity index (χ1) is 10.8. The maximum Gasteiger partial charge on any atom is 0.315 e. The molecular weight excluding hydrogens is 276 g/mol. The summed E-state index contributed by atoms with van der Waals surface area (Å²) in [5.74, 6) is 1.00. The zero-order valence-corrected chi connectivity index (χ0v) is 13.0. The van der Waals surface area contributed by atoms with E-state index < -0.39 is 0 Å². The summed E-state index contributed by atoms with van der Waals surface area (Å²) in [6, 6.07) is 10.6. The van der Waals surface area contributed by atoms with E-state index in [9.17, 15) is 9.90 Å². The summed E-state index contributed by atoms with van der Waals surface area (Å²) >= 11 is 0. The number of benzene rings is 1. The van der Waals surface area contributed by atoms with Gasteiger partial charge >= 0.3 is 6.03 Å². The van der Waals surface area contributed by atoms with Crippen molar-refractivity contribution in [2.75, 3.05) is 6.61 Å². The normalized spacial score (nSPS) is 26.2. The summed E-state index contributed by atoms with van der Waals surface area (Å²) in [7, 11) is 0. The van der Waals surface area contributed by atoms with Crippen LogP contribution in [0, 0.1) is 11.8 Å². The Labute approximate surface area is 132 Å². The Morgan fingerprint density at radius 2 is 1.77 bits per heavy atom. The molecule has 3 N–H and O–H groups in total. The third-order valence-electron chi connectivity index (χ3n) is 4.98. The van der Waals surface area contributed by atoms with Gasteiger partial charge in [0, 0.05) is 12.6 Å². The highest BCUT2D eigenvalue weighted by Crippen LogP contribution is 2.40. The largest absolute Gasteiger partial charge is 0.396 e. The Morgan fingerprint density at radius 3 is 2.36 bits per heavy atom. The molecule has 4 nitrogen and oxygen atoms in total. The van der Waals surface area contributed by atoms with Gasteiger partial charge in [-0.2, -0.15) is 0 Å². The zero-order valence-electron chi connectivity index (χ0n) is 13.0. The maximum atomic E-state index is 12.3. The second-order valence-electron chi connectivity index (χ2n) is 6.74. The minimum absolute atomic E-state index is 0.0480. The molecule has 22 heavy (non-hydrogen) atoms. The van der Waals surface area contributed by atoms with Crippen LogP contribution >= 0.6 is 0 Å². The van der Waals surface area contributed by atoms with Crippen molar-refractivity contribution in [1.29, 1.82) is 0 Å². The van der Waals surface area contributed by atoms with E-state index in [0.717, 1.165) is 25.7 Å². The topological polar surface area (TPSA) is 61.4 Å². The van der Waals surface area contributed by atoms with E-state index >= 15 is 0 Å². The predicted molar refractivity (Wildman–Crippen MR) is 86.4 cm³/mol. The number of rotatable bonds is 5. The number of hydrogen-bond donors (Lipinski definition) is 3. The fourth-order valence-electron chi connectivity index (χ4n) is 3.42. The standard InChI is InChI=1S/C18H26N2O2/c21-12-13-6-10-16(11-7-13)19-18(22)20-17(15-8-9-15)14-4-2-1-3-5-14/h1-5,13,15-17,21H,6-12H2,(H2,19,20,22). The highest BCUT2D eigenvalue weighted by molar-refractivity contribution is 5.75. The molecule has 1 atom stereocenters. The highest BCUT2D eigenvalue weighted by Gasteiger charge is 2.33. The van der Waals surface area contributed by atoms with E-state index in [1.54, 1.807) is 0 Å². The van der Waals surface area contributed by atoms with Crippen molar-refractivity contribution in [3.63, 3.8) is 0 Å². The Morgan fingerprint density at radius 1 is 1.09 bits per heavy atom. The maximum absolute atomic E-state index is 12.3. The lowest BCUT2D eigenvalue weighted by Gasteiger charge is -2.29. The van der Waals surface area contributed by atoms with Gasteiger partial charge in [0.05, 0.1) is 6.04 Å². The van der Waals surface area contributed by atoms with E-state index in [-0.39, 0.29) is 24.7 Å². The summed E-state index contributed by atoms with van der Waals surface area (Å²) < 4.78 is 0. The van der Waals surface area contributed by atoms with Gasteiger partial charge in [-0.3, -0.25) is 0 Å². The Balaban J connectivity index is 1.52. The van der Waals surface area contributed by atoms with Crippen LogP contribution in [0.4, 0.5) is 4.79 Å². The lowest BCUT2D eigenvalue weighted by molar-refractivity contribution is 0.174. The van der Waals surface area contributed by atoms with Gasteiger partial charge in [0.2, 0.25) is 0 Å². The molecule has 2 saturated carbocycles. The van der Waals surface area contributed by atoms with Gasteiger partial charge in [-0.05, 0) is 55.9 Å². The number of carbonyl (C=O) groups is 1. The summed E-state index contributed by atoms with van der Waals surface area (Å²) in [6.45, 7) is 0.274. The van der Waals surface area contributed by atoms with Crippen molar-refractivity contribution < 1.29 is 9.90 Å². The summed E-state index contributed by atoms with van der Waals surface area (Å²) in [4.78, 5) is 12.3. The predicted octanol–water partition coefficient (Wildman–Crippen LogP) is 2.99. The fraction of sp³-hybridized carbons (Fsp3) is 0.611. The molecule has 2 aliphatic carbocycles. The molecule has 3 rings (SSSR count). The first-order valence-corrected chi connectivity index (χ1v) is 8.49. The van der Waals surface area contributed by atoms with Gasteiger partial charge in [0.25, 0.3) is 0 Å². The third-order valence-corrected chi connectivity index (χ3v) is 4.98. The highest BCUT2D eigenvalue weighted by atomic mass is 16.3. The second-order valence-corrected chi connectivity index (χ2v) is 6.74. The van der Waals surface area contributed by atoms with Crippen LogP contribution in [-0.4, -0.2) is 23.8 Å². The van der Waals surface area contributed by atoms with Crippen molar-refractivity contribution >= 4 is 6.03 Å². The molecule has 2 amide bonds. The number of aliphatic hydroxyl groups is 1. The minimum Gasteiger partial charge on any atom is -0.396 e. The van der Waals surface area contributed by atoms with Gasteiger partial charge in [0.15, 0.2) is 0 Å². The van der Waals surface area contributed by atoms with Crippen molar-refractivity contribution in [2.24, 2.45) is 11.8 Å². The molecule has 0 radical (unpaired) electrons. The first-order valence-electron chi connectivity index (χ1n) is 8.49. The molecule has 120 valence electrons. The molecular formula is C18H26N2O2. The molecule has 1 unspecified atom stereocenters. The average Bonchev–Trinajstić information content (AvgIpc) is 3.39. The molecule has 1 aromatic rings. The number of amides is 2. The van der Waals surface area contributed by atoms with E-state index in [2.05, 4.69) is 22.8 Å². The Kier molecular flexibility index (Phi) is 4.98. The van der Waals surface area contributed by atoms with Crippen molar-refractivity contribution in [3.8, 4) is 0 Å². The summed E-state index contributed by atoms with van der Waals surface area (Å²) in [5.41, 5.74) is 1.20. The molecule has 0 heterocycles. The number of urea groups is 1. The quantitative estimate of drug-likeness (QED) is 0.783. The van der Waals surface area contributed by atoms with Gasteiger partial charge in [-0.15, -0.1) is 0 Å². The van der Waals surface area contributed by atoms with Crippen LogP contribution in [0.1, 0.15) is 50.1 Å². The van der Waals surface area contributed by atoms with Crippen LogP contribution in [0.5, 0.6) is 0 Å². The molecule has 2 fully saturated rings. The van der Waals surface area contributed by atoms with Crippen LogP contribution in [0.2, 0.25) is 0 Å². The molecule has 1 aromatic carbocycles. The van der Waals surface area contributed by atoms with Crippen LogP contribution in [0.3, 0.4) is 0 Å². The molecule has 0 bridgehead atoms. The van der Waals surface area contributed by atoms with E-state index in [0.29, 0.717) is 11.8 Å². The smallest absolute Gasteiger partial charge is 0.315 e. The molecule has 0 saturated heterocycles. The molecule has 2 aliphatic rings. The fourth-order valence-corrected chi connectivity index (χ4v) is 3.42. The average molecular weight is 302 g/mol. The van der Waals surface area contributed by atoms with Crippen LogP contribution in [-0.2, 0) is 0 Å². The molecule has 0 aliphatic heterocycles. The summed E-state index contributed by atoms with van der Waals surface area (Å²) in [6.07, 6.45) is 6.34.